The first-order valence-electron chi connectivity index (χ1n) is 12.9. The van der Waals surface area contributed by atoms with Gasteiger partial charge in [-0.1, -0.05) is 23.1 Å². The second-order valence-electron chi connectivity index (χ2n) is 9.52. The Morgan fingerprint density at radius 3 is 2.26 bits per heavy atom. The summed E-state index contributed by atoms with van der Waals surface area (Å²) in [6.45, 7) is 0.655. The van der Waals surface area contributed by atoms with Crippen molar-refractivity contribution in [3.8, 4) is 17.2 Å². The van der Waals surface area contributed by atoms with Gasteiger partial charge in [0.2, 0.25) is 5.52 Å². The molecule has 0 saturated heterocycles. The van der Waals surface area contributed by atoms with Crippen LogP contribution in [0.2, 0.25) is 0 Å². The lowest BCUT2D eigenvalue weighted by molar-refractivity contribution is -0.668. The number of aromatic nitrogens is 2. The third-order valence-corrected chi connectivity index (χ3v) is 10.5. The van der Waals surface area contributed by atoms with E-state index in [0.29, 0.717) is 24.6 Å². The zero-order chi connectivity index (χ0) is 30.1. The van der Waals surface area contributed by atoms with Crippen LogP contribution in [-0.2, 0) is 26.8 Å². The minimum Gasteiger partial charge on any atom is -0.493 e. The van der Waals surface area contributed by atoms with E-state index < -0.39 is 20.2 Å². The van der Waals surface area contributed by atoms with Crippen LogP contribution in [-0.4, -0.2) is 62.8 Å². The first-order valence-corrected chi connectivity index (χ1v) is 17.7. The molecular weight excluding hydrogens is 623 g/mol. The lowest BCUT2D eigenvalue weighted by Crippen LogP contribution is -2.36. The normalized spacial score (nSPS) is 14.6. The zero-order valence-corrected chi connectivity index (χ0v) is 26.1. The van der Waals surface area contributed by atoms with Crippen LogP contribution in [0, 0.1) is 0 Å². The van der Waals surface area contributed by atoms with Crippen molar-refractivity contribution in [1.82, 2.24) is 4.57 Å². The molecule has 2 aromatic heterocycles. The van der Waals surface area contributed by atoms with Gasteiger partial charge in [-0.25, -0.2) is 0 Å². The summed E-state index contributed by atoms with van der Waals surface area (Å²) in [7, 11) is -5.16. The van der Waals surface area contributed by atoms with Gasteiger partial charge in [-0.2, -0.15) is 21.4 Å². The number of hydrogen-bond donors (Lipinski definition) is 2. The number of nitrogens with zero attached hydrogens (tertiary/aromatic N) is 3. The summed E-state index contributed by atoms with van der Waals surface area (Å²) in [4.78, 5) is 3.03. The molecule has 1 aliphatic heterocycles. The number of benzene rings is 2. The van der Waals surface area contributed by atoms with Crippen molar-refractivity contribution in [2.24, 2.45) is 0 Å². The second-order valence-corrected chi connectivity index (χ2v) is 14.8. The second kappa shape index (κ2) is 12.3. The summed E-state index contributed by atoms with van der Waals surface area (Å²) in [6.07, 6.45) is 6.27. The summed E-state index contributed by atoms with van der Waals surface area (Å²) in [5.41, 5.74) is 2.67. The van der Waals surface area contributed by atoms with Crippen LogP contribution in [0.4, 0.5) is 5.69 Å². The molecule has 0 atom stereocenters. The highest BCUT2D eigenvalue weighted by Gasteiger charge is 2.29. The Bertz CT molecular complexity index is 1850. The van der Waals surface area contributed by atoms with Crippen molar-refractivity contribution in [2.75, 3.05) is 37.2 Å². The Hall–Kier alpha value is -3.08. The van der Waals surface area contributed by atoms with Crippen molar-refractivity contribution >= 4 is 65.3 Å². The van der Waals surface area contributed by atoms with Crippen LogP contribution in [0.1, 0.15) is 17.8 Å². The topological polar surface area (TPSA) is 139 Å². The maximum atomic E-state index is 11.5. The summed E-state index contributed by atoms with van der Waals surface area (Å²) in [5.74, 6) is 0.330. The van der Waals surface area contributed by atoms with Crippen molar-refractivity contribution < 1.29 is 40.0 Å². The number of aryl methyl sites for hydroxylation is 1. The molecule has 0 radical (unpaired) electrons. The van der Waals surface area contributed by atoms with Gasteiger partial charge in [0, 0.05) is 42.0 Å². The first kappa shape index (κ1) is 30.4. The Labute approximate surface area is 252 Å². The maximum Gasteiger partial charge on any atom is 0.265 e. The van der Waals surface area contributed by atoms with Crippen LogP contribution in [0.3, 0.4) is 0 Å². The van der Waals surface area contributed by atoms with E-state index in [1.54, 1.807) is 14.2 Å². The highest BCUT2D eigenvalue weighted by atomic mass is 32.2. The van der Waals surface area contributed by atoms with E-state index >= 15 is 0 Å². The van der Waals surface area contributed by atoms with Gasteiger partial charge < -0.3 is 18.9 Å². The van der Waals surface area contributed by atoms with E-state index in [1.807, 2.05) is 75.0 Å². The minimum atomic E-state index is -4.13. The average molecular weight is 653 g/mol. The number of ether oxygens (including phenoxy) is 2. The van der Waals surface area contributed by atoms with Gasteiger partial charge in [0.05, 0.1) is 48.6 Å². The smallest absolute Gasteiger partial charge is 0.265 e. The molecule has 11 nitrogen and oxygen atoms in total. The minimum absolute atomic E-state index is 0.186. The molecule has 1 aliphatic rings. The molecule has 0 saturated carbocycles. The molecule has 0 unspecified atom stereocenters. The quantitative estimate of drug-likeness (QED) is 0.167. The molecule has 0 aliphatic carbocycles. The number of thioether (sulfide) groups is 1. The fourth-order valence-electron chi connectivity index (χ4n) is 4.78. The highest BCUT2D eigenvalue weighted by molar-refractivity contribution is 8.04. The largest absolute Gasteiger partial charge is 0.493 e. The molecule has 15 heteroatoms. The van der Waals surface area contributed by atoms with Crippen LogP contribution in [0.25, 0.3) is 22.0 Å². The highest BCUT2D eigenvalue weighted by Crippen LogP contribution is 2.48. The van der Waals surface area contributed by atoms with E-state index in [0.717, 1.165) is 36.5 Å². The van der Waals surface area contributed by atoms with Crippen molar-refractivity contribution in [2.45, 2.75) is 24.3 Å². The van der Waals surface area contributed by atoms with Gasteiger partial charge in [0.25, 0.3) is 25.2 Å². The van der Waals surface area contributed by atoms with E-state index in [9.17, 15) is 25.9 Å². The summed E-state index contributed by atoms with van der Waals surface area (Å²) < 4.78 is 80.4. The molecule has 0 amide bonds. The number of fused-ring (bicyclic) bond motifs is 2. The van der Waals surface area contributed by atoms with Crippen molar-refractivity contribution in [3.63, 3.8) is 0 Å². The molecule has 224 valence electrons. The maximum absolute atomic E-state index is 11.5. The molecule has 5 rings (SSSR count). The van der Waals surface area contributed by atoms with Crippen molar-refractivity contribution in [3.05, 3.63) is 64.9 Å². The van der Waals surface area contributed by atoms with Crippen LogP contribution in [0.15, 0.2) is 64.8 Å². The monoisotopic (exact) mass is 652 g/mol. The fraction of sp³-hybridized carbons (Fsp3) is 0.296. The van der Waals surface area contributed by atoms with Crippen LogP contribution < -0.4 is 18.9 Å². The third-order valence-electron chi connectivity index (χ3n) is 6.67. The third kappa shape index (κ3) is 6.93. The van der Waals surface area contributed by atoms with Gasteiger partial charge in [-0.3, -0.25) is 9.11 Å². The summed E-state index contributed by atoms with van der Waals surface area (Å²) in [6, 6.07) is 13.6. The Morgan fingerprint density at radius 2 is 1.60 bits per heavy atom. The molecule has 3 heterocycles. The molecule has 0 fully saturated rings. The van der Waals surface area contributed by atoms with E-state index in [1.165, 1.54) is 23.1 Å². The van der Waals surface area contributed by atoms with Crippen molar-refractivity contribution in [1.29, 1.82) is 0 Å². The Balaban J connectivity index is 1.59. The predicted molar refractivity (Wildman–Crippen MR) is 164 cm³/mol. The molecule has 4 aromatic rings. The van der Waals surface area contributed by atoms with Gasteiger partial charge >= 0.3 is 0 Å². The van der Waals surface area contributed by atoms with E-state index in [-0.39, 0.29) is 24.3 Å². The molecule has 0 spiro atoms. The summed E-state index contributed by atoms with van der Waals surface area (Å²) in [5, 5.41) is 1.66. The molecule has 0 bridgehead atoms. The van der Waals surface area contributed by atoms with Gasteiger partial charge in [0.15, 0.2) is 18.0 Å². The molecule has 2 aromatic carbocycles. The Morgan fingerprint density at radius 1 is 0.929 bits per heavy atom. The lowest BCUT2D eigenvalue weighted by Gasteiger charge is -2.20. The molecule has 2 N–H and O–H groups in total. The van der Waals surface area contributed by atoms with Crippen LogP contribution in [0.5, 0.6) is 11.5 Å². The predicted octanol–water partition coefficient (Wildman–Crippen LogP) is 4.46. The first-order chi connectivity index (χ1) is 20.0. The zero-order valence-electron chi connectivity index (χ0n) is 22.8. The number of methoxy groups -OCH3 is 2. The lowest BCUT2D eigenvalue weighted by atomic mass is 10.2. The van der Waals surface area contributed by atoms with Gasteiger partial charge in [0.1, 0.15) is 4.70 Å². The number of rotatable bonds is 12. The van der Waals surface area contributed by atoms with Gasteiger partial charge in [-0.15, -0.1) is 0 Å². The SMILES string of the molecule is COc1cc2sc(/C=C3\Sc4ccc(-n5cccc5)cc4N3CCCS(=O)(=O)O)[n+](CCCS(=O)(=O)O)c2cc1OC. The van der Waals surface area contributed by atoms with Gasteiger partial charge in [-0.05, 0) is 36.8 Å². The van der Waals surface area contributed by atoms with E-state index in [2.05, 4.69) is 0 Å². The number of thiazole rings is 1. The molecular formula is C27H30N3O8S4+. The van der Waals surface area contributed by atoms with E-state index in [4.69, 9.17) is 9.47 Å². The Kier molecular flexibility index (Phi) is 8.87. The standard InChI is InChI=1S/C27H29N3O8S4/c1-37-22-16-21-25(17-23(22)38-2)40-27(30(21)12-6-14-42(34,35)36)18-26-29(11-5-13-41(31,32)33)20-15-19(7-8-24(20)39-26)28-9-3-4-10-28/h3-4,7-10,15-18H,5-6,11-14H2,1-2H3,(H-,31,32,33,34,35,36)/p+1. The molecule has 42 heavy (non-hydrogen) atoms. The average Bonchev–Trinajstić information content (AvgIpc) is 3.65. The summed E-state index contributed by atoms with van der Waals surface area (Å²) >= 11 is 3.03. The number of hydrogen-bond acceptors (Lipinski definition) is 9. The number of anilines is 1. The fourth-order valence-corrected chi connectivity index (χ4v) is 8.08. The van der Waals surface area contributed by atoms with Crippen LogP contribution >= 0.6 is 23.1 Å².